The summed E-state index contributed by atoms with van der Waals surface area (Å²) < 4.78 is 26.9. The Balaban J connectivity index is 2.55. The van der Waals surface area contributed by atoms with Crippen LogP contribution in [0.5, 0.6) is 0 Å². The minimum absolute atomic E-state index is 0.0222. The lowest BCUT2D eigenvalue weighted by Crippen LogP contribution is -2.27. The van der Waals surface area contributed by atoms with Crippen molar-refractivity contribution >= 4 is 7.60 Å². The quantitative estimate of drug-likeness (QED) is 0.722. The molecular weight excluding hydrogens is 207 g/mol. The molecule has 14 heavy (non-hydrogen) atoms. The van der Waals surface area contributed by atoms with E-state index >= 15 is 0 Å². The van der Waals surface area contributed by atoms with E-state index in [0.29, 0.717) is 6.42 Å². The Hall–Kier alpha value is 0.0700. The van der Waals surface area contributed by atoms with Crippen LogP contribution in [0, 0.1) is 0 Å². The topological polar surface area (TPSA) is 65.0 Å². The first-order valence-electron chi connectivity index (χ1n) is 4.56. The van der Waals surface area contributed by atoms with Gasteiger partial charge >= 0.3 is 7.60 Å². The molecule has 1 N–H and O–H groups in total. The summed E-state index contributed by atoms with van der Waals surface area (Å²) >= 11 is 0. The van der Waals surface area contributed by atoms with Crippen LogP contribution in [0.25, 0.3) is 0 Å². The zero-order valence-corrected chi connectivity index (χ0v) is 9.57. The number of aliphatic hydroxyl groups is 1. The number of ether oxygens (including phenoxy) is 1. The molecule has 5 nitrogen and oxygen atoms in total. The fraction of sp³-hybridized carbons (Fsp3) is 1.00. The van der Waals surface area contributed by atoms with Crippen LogP contribution in [-0.4, -0.2) is 43.8 Å². The average molecular weight is 224 g/mol. The van der Waals surface area contributed by atoms with E-state index in [9.17, 15) is 4.57 Å². The lowest BCUT2D eigenvalue weighted by atomic mass is 10.1. The minimum Gasteiger partial charge on any atom is -0.394 e. The lowest BCUT2D eigenvalue weighted by Gasteiger charge is -2.20. The Morgan fingerprint density at radius 3 is 2.79 bits per heavy atom. The van der Waals surface area contributed by atoms with Crippen LogP contribution in [0.3, 0.4) is 0 Å². The first-order valence-corrected chi connectivity index (χ1v) is 6.55. The zero-order valence-electron chi connectivity index (χ0n) is 8.67. The molecule has 1 heterocycles. The summed E-state index contributed by atoms with van der Waals surface area (Å²) in [4.78, 5) is 0. The second-order valence-electron chi connectivity index (χ2n) is 3.50. The van der Waals surface area contributed by atoms with E-state index in [1.165, 1.54) is 13.8 Å². The van der Waals surface area contributed by atoms with Gasteiger partial charge in [0.1, 0.15) is 6.10 Å². The number of hydrogen-bond donors (Lipinski definition) is 1. The van der Waals surface area contributed by atoms with Crippen molar-refractivity contribution in [3.05, 3.63) is 0 Å². The fourth-order valence-electron chi connectivity index (χ4n) is 1.48. The van der Waals surface area contributed by atoms with Gasteiger partial charge in [0, 0.05) is 20.2 Å². The highest BCUT2D eigenvalue weighted by atomic mass is 31.2. The van der Waals surface area contributed by atoms with Gasteiger partial charge in [-0.25, -0.2) is 0 Å². The third-order valence-electron chi connectivity index (χ3n) is 2.22. The molecule has 1 rings (SSSR count). The van der Waals surface area contributed by atoms with Gasteiger partial charge in [0.25, 0.3) is 0 Å². The number of aliphatic hydroxyl groups excluding tert-OH is 1. The standard InChI is InChI=1S/C8H17O5P/c1-6-4-7(8(5-9)12-6)13-14(3,10)11-2/h6-9H,4-5H2,1-3H3. The highest BCUT2D eigenvalue weighted by Crippen LogP contribution is 2.46. The molecule has 0 aliphatic carbocycles. The van der Waals surface area contributed by atoms with E-state index in [1.807, 2.05) is 6.92 Å². The molecule has 1 fully saturated rings. The smallest absolute Gasteiger partial charge is 0.327 e. The molecule has 0 radical (unpaired) electrons. The summed E-state index contributed by atoms with van der Waals surface area (Å²) in [6.45, 7) is 3.17. The number of hydrogen-bond acceptors (Lipinski definition) is 5. The van der Waals surface area contributed by atoms with E-state index in [2.05, 4.69) is 0 Å². The summed E-state index contributed by atoms with van der Waals surface area (Å²) in [6.07, 6.45) is -0.0833. The lowest BCUT2D eigenvalue weighted by molar-refractivity contribution is -0.0132. The van der Waals surface area contributed by atoms with E-state index in [1.54, 1.807) is 0 Å². The summed E-state index contributed by atoms with van der Waals surface area (Å²) in [7, 11) is -1.65. The minimum atomic E-state index is -2.99. The van der Waals surface area contributed by atoms with Crippen molar-refractivity contribution < 1.29 is 23.5 Å². The van der Waals surface area contributed by atoms with Crippen LogP contribution in [-0.2, 0) is 18.3 Å². The second kappa shape index (κ2) is 4.73. The monoisotopic (exact) mass is 224 g/mol. The van der Waals surface area contributed by atoms with Crippen LogP contribution in [0.15, 0.2) is 0 Å². The molecule has 0 aromatic heterocycles. The van der Waals surface area contributed by atoms with E-state index in [-0.39, 0.29) is 18.8 Å². The predicted octanol–water partition coefficient (Wildman–Crippen LogP) is 1.01. The van der Waals surface area contributed by atoms with Gasteiger partial charge in [0.2, 0.25) is 0 Å². The first kappa shape index (κ1) is 12.1. The van der Waals surface area contributed by atoms with Gasteiger partial charge in [0.05, 0.1) is 18.8 Å². The van der Waals surface area contributed by atoms with Gasteiger partial charge in [-0.2, -0.15) is 0 Å². The van der Waals surface area contributed by atoms with E-state index < -0.39 is 13.7 Å². The van der Waals surface area contributed by atoms with Crippen molar-refractivity contribution in [1.29, 1.82) is 0 Å². The molecule has 4 unspecified atom stereocenters. The van der Waals surface area contributed by atoms with Crippen LogP contribution >= 0.6 is 7.60 Å². The van der Waals surface area contributed by atoms with Crippen LogP contribution in [0.2, 0.25) is 0 Å². The molecule has 0 aromatic rings. The maximum atomic E-state index is 11.5. The molecule has 0 bridgehead atoms. The SMILES string of the molecule is COP(C)(=O)OC1CC(C)OC1CO. The largest absolute Gasteiger partial charge is 0.394 e. The molecule has 6 heteroatoms. The predicted molar refractivity (Wildman–Crippen MR) is 51.5 cm³/mol. The average Bonchev–Trinajstić information content (AvgIpc) is 2.45. The molecule has 84 valence electrons. The summed E-state index contributed by atoms with van der Waals surface area (Å²) in [5.41, 5.74) is 0. The molecular formula is C8H17O5P. The van der Waals surface area contributed by atoms with Gasteiger partial charge in [-0.05, 0) is 6.92 Å². The second-order valence-corrected chi connectivity index (χ2v) is 5.62. The molecule has 0 spiro atoms. The van der Waals surface area contributed by atoms with Crippen molar-refractivity contribution in [2.45, 2.75) is 31.7 Å². The third kappa shape index (κ3) is 3.04. The molecule has 1 saturated heterocycles. The van der Waals surface area contributed by atoms with Crippen molar-refractivity contribution in [3.8, 4) is 0 Å². The summed E-state index contributed by atoms with van der Waals surface area (Å²) in [6, 6.07) is 0. The Morgan fingerprint density at radius 1 is 1.64 bits per heavy atom. The molecule has 0 amide bonds. The highest BCUT2D eigenvalue weighted by molar-refractivity contribution is 7.52. The van der Waals surface area contributed by atoms with Gasteiger partial charge < -0.3 is 18.9 Å². The fourth-order valence-corrected chi connectivity index (χ4v) is 2.28. The van der Waals surface area contributed by atoms with Gasteiger partial charge in [-0.1, -0.05) is 0 Å². The summed E-state index contributed by atoms with van der Waals surface area (Å²) in [5, 5.41) is 8.99. The van der Waals surface area contributed by atoms with Crippen molar-refractivity contribution in [2.24, 2.45) is 0 Å². The first-order chi connectivity index (χ1) is 6.48. The summed E-state index contributed by atoms with van der Waals surface area (Å²) in [5.74, 6) is 0. The maximum absolute atomic E-state index is 11.5. The van der Waals surface area contributed by atoms with Gasteiger partial charge in [0.15, 0.2) is 0 Å². The molecule has 0 saturated carbocycles. The van der Waals surface area contributed by atoms with Crippen LogP contribution in [0.1, 0.15) is 13.3 Å². The van der Waals surface area contributed by atoms with Crippen molar-refractivity contribution in [3.63, 3.8) is 0 Å². The van der Waals surface area contributed by atoms with Crippen LogP contribution < -0.4 is 0 Å². The Labute approximate surface area is 83.9 Å². The zero-order chi connectivity index (χ0) is 10.8. The van der Waals surface area contributed by atoms with Gasteiger partial charge in [-0.3, -0.25) is 4.57 Å². The maximum Gasteiger partial charge on any atom is 0.327 e. The normalized spacial score (nSPS) is 37.0. The molecule has 1 aliphatic heterocycles. The van der Waals surface area contributed by atoms with Crippen molar-refractivity contribution in [1.82, 2.24) is 0 Å². The van der Waals surface area contributed by atoms with E-state index in [4.69, 9.17) is 18.9 Å². The molecule has 0 aromatic carbocycles. The van der Waals surface area contributed by atoms with Crippen LogP contribution in [0.4, 0.5) is 0 Å². The van der Waals surface area contributed by atoms with Gasteiger partial charge in [-0.15, -0.1) is 0 Å². The Kier molecular flexibility index (Phi) is 4.10. The Morgan fingerprint density at radius 2 is 2.29 bits per heavy atom. The number of rotatable bonds is 4. The molecule has 4 atom stereocenters. The highest BCUT2D eigenvalue weighted by Gasteiger charge is 2.37. The van der Waals surface area contributed by atoms with E-state index in [0.717, 1.165) is 0 Å². The third-order valence-corrected chi connectivity index (χ3v) is 3.54. The Bertz CT molecular complexity index is 232. The molecule has 1 aliphatic rings. The van der Waals surface area contributed by atoms with Crippen molar-refractivity contribution in [2.75, 3.05) is 20.4 Å².